The van der Waals surface area contributed by atoms with Crippen molar-refractivity contribution in [3.8, 4) is 0 Å². The topological polar surface area (TPSA) is 51.0 Å². The fraction of sp³-hybridized carbons (Fsp3) is 0.211. The summed E-state index contributed by atoms with van der Waals surface area (Å²) in [7, 11) is 1.77. The third-order valence-electron chi connectivity index (χ3n) is 4.75. The van der Waals surface area contributed by atoms with Crippen molar-refractivity contribution >= 4 is 23.2 Å². The van der Waals surface area contributed by atoms with Gasteiger partial charge in [-0.15, -0.1) is 0 Å². The molecule has 1 unspecified atom stereocenters. The van der Waals surface area contributed by atoms with Crippen LogP contribution in [0, 0.1) is 5.82 Å². The zero-order chi connectivity index (χ0) is 18.3. The van der Waals surface area contributed by atoms with E-state index in [1.807, 2.05) is 24.3 Å². The first-order chi connectivity index (χ1) is 12.6. The highest BCUT2D eigenvalue weighted by Crippen LogP contribution is 2.38. The minimum atomic E-state index is -0.390. The summed E-state index contributed by atoms with van der Waals surface area (Å²) in [5.74, 6) is 0.00662. The van der Waals surface area contributed by atoms with Crippen LogP contribution >= 0.6 is 11.6 Å². The Hall–Kier alpha value is -2.73. The zero-order valence-electron chi connectivity index (χ0n) is 14.1. The second-order valence-electron chi connectivity index (χ2n) is 6.24. The van der Waals surface area contributed by atoms with E-state index in [9.17, 15) is 9.18 Å². The SMILES string of the molecule is CN1C(=O)CC(c2ncnn2Cc2c(F)cccc2Cl)c2ccccc21. The van der Waals surface area contributed by atoms with Crippen molar-refractivity contribution in [2.45, 2.75) is 18.9 Å². The van der Waals surface area contributed by atoms with Gasteiger partial charge in [-0.25, -0.2) is 14.1 Å². The lowest BCUT2D eigenvalue weighted by Gasteiger charge is -2.31. The van der Waals surface area contributed by atoms with E-state index in [1.165, 1.54) is 12.4 Å². The fourth-order valence-electron chi connectivity index (χ4n) is 3.37. The van der Waals surface area contributed by atoms with E-state index in [1.54, 1.807) is 28.8 Å². The van der Waals surface area contributed by atoms with Crippen LogP contribution in [-0.2, 0) is 11.3 Å². The molecule has 0 saturated heterocycles. The van der Waals surface area contributed by atoms with E-state index in [2.05, 4.69) is 10.1 Å². The molecule has 2 aromatic carbocycles. The van der Waals surface area contributed by atoms with Gasteiger partial charge >= 0.3 is 0 Å². The molecular weight excluding hydrogens is 355 g/mol. The lowest BCUT2D eigenvalue weighted by atomic mass is 9.89. The van der Waals surface area contributed by atoms with Crippen molar-refractivity contribution in [2.24, 2.45) is 0 Å². The molecule has 7 heteroatoms. The monoisotopic (exact) mass is 370 g/mol. The molecule has 0 N–H and O–H groups in total. The summed E-state index contributed by atoms with van der Waals surface area (Å²) in [6.45, 7) is 0.156. The van der Waals surface area contributed by atoms with Crippen molar-refractivity contribution in [1.29, 1.82) is 0 Å². The molecule has 1 amide bonds. The smallest absolute Gasteiger partial charge is 0.227 e. The summed E-state index contributed by atoms with van der Waals surface area (Å²) >= 11 is 6.15. The van der Waals surface area contributed by atoms with Crippen molar-refractivity contribution < 1.29 is 9.18 Å². The number of amides is 1. The van der Waals surface area contributed by atoms with Crippen LogP contribution in [0.15, 0.2) is 48.8 Å². The van der Waals surface area contributed by atoms with Crippen LogP contribution < -0.4 is 4.90 Å². The molecule has 0 aliphatic carbocycles. The zero-order valence-corrected chi connectivity index (χ0v) is 14.8. The minimum Gasteiger partial charge on any atom is -0.315 e. The molecule has 1 aliphatic rings. The highest BCUT2D eigenvalue weighted by Gasteiger charge is 2.33. The summed E-state index contributed by atoms with van der Waals surface area (Å²) < 4.78 is 15.8. The Morgan fingerprint density at radius 3 is 2.85 bits per heavy atom. The Morgan fingerprint density at radius 1 is 1.23 bits per heavy atom. The summed E-state index contributed by atoms with van der Waals surface area (Å²) in [6, 6.07) is 12.3. The number of aromatic nitrogens is 3. The number of para-hydroxylation sites is 1. The number of nitrogens with zero attached hydrogens (tertiary/aromatic N) is 4. The molecule has 0 radical (unpaired) electrons. The first-order valence-electron chi connectivity index (χ1n) is 8.22. The highest BCUT2D eigenvalue weighted by atomic mass is 35.5. The standard InChI is InChI=1S/C19H16ClFN4O/c1-24-17-8-3-2-5-12(17)13(9-18(24)26)19-22-11-23-25(19)10-14-15(20)6-4-7-16(14)21/h2-8,11,13H,9-10H2,1H3. The molecule has 26 heavy (non-hydrogen) atoms. The molecule has 1 aromatic heterocycles. The number of carbonyl (C=O) groups is 1. The molecule has 0 bridgehead atoms. The van der Waals surface area contributed by atoms with Gasteiger partial charge < -0.3 is 4.90 Å². The second-order valence-corrected chi connectivity index (χ2v) is 6.65. The quantitative estimate of drug-likeness (QED) is 0.707. The molecule has 0 spiro atoms. The molecule has 5 nitrogen and oxygen atoms in total. The van der Waals surface area contributed by atoms with Crippen molar-refractivity contribution in [2.75, 3.05) is 11.9 Å². The number of anilines is 1. The average Bonchev–Trinajstić information content (AvgIpc) is 3.09. The summed E-state index contributed by atoms with van der Waals surface area (Å²) in [4.78, 5) is 18.4. The third-order valence-corrected chi connectivity index (χ3v) is 5.11. The molecule has 1 aliphatic heterocycles. The van der Waals surface area contributed by atoms with E-state index < -0.39 is 0 Å². The molecule has 4 rings (SSSR count). The number of halogens is 2. The average molecular weight is 371 g/mol. The second kappa shape index (κ2) is 6.53. The number of carbonyl (C=O) groups excluding carboxylic acids is 1. The molecule has 132 valence electrons. The number of hydrogen-bond acceptors (Lipinski definition) is 3. The number of rotatable bonds is 3. The van der Waals surface area contributed by atoms with Gasteiger partial charge in [0.15, 0.2) is 0 Å². The molecule has 2 heterocycles. The maximum atomic E-state index is 14.2. The summed E-state index contributed by atoms with van der Waals surface area (Å²) in [6.07, 6.45) is 1.71. The first kappa shape index (κ1) is 16.7. The van der Waals surface area contributed by atoms with Gasteiger partial charge in [-0.1, -0.05) is 35.9 Å². The van der Waals surface area contributed by atoms with Crippen LogP contribution in [0.25, 0.3) is 0 Å². The Balaban J connectivity index is 1.76. The third kappa shape index (κ3) is 2.76. The van der Waals surface area contributed by atoms with E-state index in [4.69, 9.17) is 11.6 Å². The van der Waals surface area contributed by atoms with Gasteiger partial charge in [0.2, 0.25) is 5.91 Å². The van der Waals surface area contributed by atoms with E-state index >= 15 is 0 Å². The number of hydrogen-bond donors (Lipinski definition) is 0. The van der Waals surface area contributed by atoms with Crippen LogP contribution in [0.2, 0.25) is 5.02 Å². The van der Waals surface area contributed by atoms with Gasteiger partial charge in [-0.2, -0.15) is 5.10 Å². The Labute approximate surface area is 155 Å². The van der Waals surface area contributed by atoms with E-state index in [-0.39, 0.29) is 30.6 Å². The van der Waals surface area contributed by atoms with E-state index in [0.29, 0.717) is 16.4 Å². The van der Waals surface area contributed by atoms with Gasteiger partial charge in [0.05, 0.1) is 12.5 Å². The molecule has 0 fully saturated rings. The Morgan fingerprint density at radius 2 is 2.04 bits per heavy atom. The van der Waals surface area contributed by atoms with Gasteiger partial charge in [0, 0.05) is 29.7 Å². The molecule has 1 atom stereocenters. The molecule has 0 saturated carbocycles. The van der Waals surface area contributed by atoms with Crippen LogP contribution in [-0.4, -0.2) is 27.7 Å². The van der Waals surface area contributed by atoms with Gasteiger partial charge in [-0.3, -0.25) is 4.79 Å². The minimum absolute atomic E-state index is 0.00664. The maximum Gasteiger partial charge on any atom is 0.227 e. The summed E-state index contributed by atoms with van der Waals surface area (Å²) in [5.41, 5.74) is 2.21. The predicted octanol–water partition coefficient (Wildman–Crippen LogP) is 3.62. The normalized spacial score (nSPS) is 16.7. The van der Waals surface area contributed by atoms with Crippen LogP contribution in [0.3, 0.4) is 0 Å². The van der Waals surface area contributed by atoms with Crippen LogP contribution in [0.1, 0.15) is 29.3 Å². The van der Waals surface area contributed by atoms with E-state index in [0.717, 1.165) is 11.3 Å². The lowest BCUT2D eigenvalue weighted by molar-refractivity contribution is -0.118. The predicted molar refractivity (Wildman–Crippen MR) is 96.8 cm³/mol. The Bertz CT molecular complexity index is 967. The van der Waals surface area contributed by atoms with Crippen LogP contribution in [0.5, 0.6) is 0 Å². The lowest BCUT2D eigenvalue weighted by Crippen LogP contribution is -2.34. The highest BCUT2D eigenvalue weighted by molar-refractivity contribution is 6.31. The van der Waals surface area contributed by atoms with Crippen LogP contribution in [0.4, 0.5) is 10.1 Å². The first-order valence-corrected chi connectivity index (χ1v) is 8.60. The van der Waals surface area contributed by atoms with Crippen molar-refractivity contribution in [3.05, 3.63) is 76.6 Å². The van der Waals surface area contributed by atoms with Gasteiger partial charge in [0.1, 0.15) is 18.0 Å². The largest absolute Gasteiger partial charge is 0.315 e. The fourth-order valence-corrected chi connectivity index (χ4v) is 3.59. The molecular formula is C19H16ClFN4O. The number of benzene rings is 2. The summed E-state index contributed by atoms with van der Waals surface area (Å²) in [5, 5.41) is 4.58. The Kier molecular flexibility index (Phi) is 4.20. The van der Waals surface area contributed by atoms with Crippen molar-refractivity contribution in [1.82, 2.24) is 14.8 Å². The molecule has 3 aromatic rings. The maximum absolute atomic E-state index is 14.2. The van der Waals surface area contributed by atoms with Gasteiger partial charge in [0.25, 0.3) is 0 Å². The van der Waals surface area contributed by atoms with Gasteiger partial charge in [-0.05, 0) is 23.8 Å². The number of fused-ring (bicyclic) bond motifs is 1. The van der Waals surface area contributed by atoms with Crippen molar-refractivity contribution in [3.63, 3.8) is 0 Å².